The van der Waals surface area contributed by atoms with E-state index in [1.165, 1.54) is 0 Å². The highest BCUT2D eigenvalue weighted by Crippen LogP contribution is 2.17. The molecule has 6 nitrogen and oxygen atoms in total. The van der Waals surface area contributed by atoms with E-state index < -0.39 is 0 Å². The van der Waals surface area contributed by atoms with E-state index in [1.54, 1.807) is 13.3 Å². The Bertz CT molecular complexity index is 650. The van der Waals surface area contributed by atoms with Gasteiger partial charge in [0.1, 0.15) is 17.6 Å². The first-order valence-corrected chi connectivity index (χ1v) is 8.44. The Labute approximate surface area is 172 Å². The molecule has 26 heavy (non-hydrogen) atoms. The van der Waals surface area contributed by atoms with Crippen molar-refractivity contribution in [3.05, 3.63) is 54.4 Å². The topological polar surface area (TPSA) is 67.8 Å². The molecule has 0 amide bonds. The van der Waals surface area contributed by atoms with Crippen LogP contribution in [0, 0.1) is 0 Å². The van der Waals surface area contributed by atoms with Crippen molar-refractivity contribution in [2.45, 2.75) is 26.5 Å². The molecule has 142 valence electrons. The molecule has 0 saturated carbocycles. The predicted molar refractivity (Wildman–Crippen MR) is 116 cm³/mol. The van der Waals surface area contributed by atoms with Crippen LogP contribution in [-0.2, 0) is 6.54 Å². The average molecular weight is 470 g/mol. The smallest absolute Gasteiger partial charge is 0.191 e. The highest BCUT2D eigenvalue weighted by atomic mass is 127. The Balaban J connectivity index is 0.00000338. The summed E-state index contributed by atoms with van der Waals surface area (Å²) in [5.74, 6) is 2.37. The molecule has 0 saturated heterocycles. The first-order valence-electron chi connectivity index (χ1n) is 8.44. The summed E-state index contributed by atoms with van der Waals surface area (Å²) in [5, 5.41) is 6.52. The molecule has 7 heteroatoms. The summed E-state index contributed by atoms with van der Waals surface area (Å²) in [5.41, 5.74) is 0.933. The highest BCUT2D eigenvalue weighted by Gasteiger charge is 2.06. The second kappa shape index (κ2) is 12.3. The number of nitrogens with one attached hydrogen (secondary N) is 2. The van der Waals surface area contributed by atoms with Gasteiger partial charge in [-0.25, -0.2) is 4.99 Å². The zero-order chi connectivity index (χ0) is 17.9. The molecule has 1 aromatic heterocycles. The molecular formula is C19H27IN4O2. The lowest BCUT2D eigenvalue weighted by Crippen LogP contribution is -2.41. The fourth-order valence-electron chi connectivity index (χ4n) is 2.16. The van der Waals surface area contributed by atoms with E-state index in [0.717, 1.165) is 29.7 Å². The highest BCUT2D eigenvalue weighted by molar-refractivity contribution is 14.0. The Morgan fingerprint density at radius 3 is 2.46 bits per heavy atom. The first-order chi connectivity index (χ1) is 12.2. The van der Waals surface area contributed by atoms with Gasteiger partial charge in [0.15, 0.2) is 5.96 Å². The van der Waals surface area contributed by atoms with E-state index in [-0.39, 0.29) is 30.1 Å². The number of aromatic nitrogens is 1. The summed E-state index contributed by atoms with van der Waals surface area (Å²) in [6, 6.07) is 13.4. The van der Waals surface area contributed by atoms with Gasteiger partial charge in [-0.1, -0.05) is 6.07 Å². The molecule has 0 fully saturated rings. The van der Waals surface area contributed by atoms with Crippen LogP contribution in [0.25, 0.3) is 0 Å². The van der Waals surface area contributed by atoms with Crippen LogP contribution in [0.15, 0.2) is 53.7 Å². The predicted octanol–water partition coefficient (Wildman–Crippen LogP) is 3.23. The van der Waals surface area contributed by atoms with Gasteiger partial charge in [-0.3, -0.25) is 4.98 Å². The van der Waals surface area contributed by atoms with Gasteiger partial charge in [-0.15, -0.1) is 24.0 Å². The maximum absolute atomic E-state index is 5.89. The van der Waals surface area contributed by atoms with Crippen molar-refractivity contribution in [3.8, 4) is 11.5 Å². The number of nitrogens with zero attached hydrogens (tertiary/aromatic N) is 2. The molecule has 0 aliphatic heterocycles. The standard InChI is InChI=1S/C19H26N4O2.HI/c1-4-20-19(23-14-16-7-5-6-12-21-16)22-13-15(2)25-18-10-8-17(24-3)9-11-18;/h5-12,15H,4,13-14H2,1-3H3,(H2,20,22,23);1H. The van der Waals surface area contributed by atoms with Crippen molar-refractivity contribution in [2.75, 3.05) is 20.2 Å². The third-order valence-corrected chi connectivity index (χ3v) is 3.42. The normalized spacial score (nSPS) is 11.9. The maximum atomic E-state index is 5.89. The minimum absolute atomic E-state index is 0. The lowest BCUT2D eigenvalue weighted by atomic mass is 10.3. The van der Waals surface area contributed by atoms with Crippen molar-refractivity contribution in [1.82, 2.24) is 15.6 Å². The van der Waals surface area contributed by atoms with Gasteiger partial charge < -0.3 is 20.1 Å². The van der Waals surface area contributed by atoms with Crippen molar-refractivity contribution in [2.24, 2.45) is 4.99 Å². The van der Waals surface area contributed by atoms with E-state index in [0.29, 0.717) is 13.1 Å². The summed E-state index contributed by atoms with van der Waals surface area (Å²) >= 11 is 0. The van der Waals surface area contributed by atoms with E-state index in [1.807, 2.05) is 56.3 Å². The van der Waals surface area contributed by atoms with Crippen LogP contribution in [0.4, 0.5) is 0 Å². The number of aliphatic imine (C=N–C) groups is 1. The van der Waals surface area contributed by atoms with Crippen LogP contribution in [-0.4, -0.2) is 37.2 Å². The van der Waals surface area contributed by atoms with Gasteiger partial charge in [0.2, 0.25) is 0 Å². The summed E-state index contributed by atoms with van der Waals surface area (Å²) < 4.78 is 11.0. The summed E-state index contributed by atoms with van der Waals surface area (Å²) in [6.07, 6.45) is 1.77. The quantitative estimate of drug-likeness (QED) is 0.353. The Kier molecular flexibility index (Phi) is 10.5. The minimum atomic E-state index is -0.00731. The number of hydrogen-bond donors (Lipinski definition) is 2. The average Bonchev–Trinajstić information content (AvgIpc) is 2.65. The van der Waals surface area contributed by atoms with E-state index in [4.69, 9.17) is 9.47 Å². The molecular weight excluding hydrogens is 443 g/mol. The van der Waals surface area contributed by atoms with Gasteiger partial charge in [0.05, 0.1) is 25.9 Å². The molecule has 1 unspecified atom stereocenters. The van der Waals surface area contributed by atoms with Crippen LogP contribution in [0.5, 0.6) is 11.5 Å². The fraction of sp³-hybridized carbons (Fsp3) is 0.368. The fourth-order valence-corrected chi connectivity index (χ4v) is 2.16. The van der Waals surface area contributed by atoms with Crippen molar-refractivity contribution in [3.63, 3.8) is 0 Å². The van der Waals surface area contributed by atoms with Crippen LogP contribution in [0.1, 0.15) is 19.5 Å². The SMILES string of the molecule is CCNC(=NCc1ccccn1)NCC(C)Oc1ccc(OC)cc1.I. The molecule has 2 aromatic rings. The number of rotatable bonds is 8. The lowest BCUT2D eigenvalue weighted by Gasteiger charge is -2.17. The Hall–Kier alpha value is -2.03. The molecule has 1 aromatic carbocycles. The lowest BCUT2D eigenvalue weighted by molar-refractivity contribution is 0.223. The first kappa shape index (κ1) is 22.0. The van der Waals surface area contributed by atoms with Crippen LogP contribution < -0.4 is 20.1 Å². The third kappa shape index (κ3) is 7.90. The molecule has 0 radical (unpaired) electrons. The molecule has 0 bridgehead atoms. The molecule has 1 heterocycles. The largest absolute Gasteiger partial charge is 0.497 e. The van der Waals surface area contributed by atoms with Crippen molar-refractivity contribution < 1.29 is 9.47 Å². The molecule has 2 rings (SSSR count). The molecule has 2 N–H and O–H groups in total. The number of benzene rings is 1. The van der Waals surface area contributed by atoms with Gasteiger partial charge in [0.25, 0.3) is 0 Å². The second-order valence-electron chi connectivity index (χ2n) is 5.50. The Morgan fingerprint density at radius 2 is 1.85 bits per heavy atom. The zero-order valence-electron chi connectivity index (χ0n) is 15.4. The van der Waals surface area contributed by atoms with Crippen LogP contribution >= 0.6 is 24.0 Å². The van der Waals surface area contributed by atoms with E-state index in [2.05, 4.69) is 20.6 Å². The van der Waals surface area contributed by atoms with Gasteiger partial charge in [0, 0.05) is 12.7 Å². The van der Waals surface area contributed by atoms with Crippen molar-refractivity contribution >= 4 is 29.9 Å². The second-order valence-corrected chi connectivity index (χ2v) is 5.50. The summed E-state index contributed by atoms with van der Waals surface area (Å²) in [7, 11) is 1.65. The number of pyridine rings is 1. The molecule has 1 atom stereocenters. The summed E-state index contributed by atoms with van der Waals surface area (Å²) in [6.45, 7) is 6.01. The number of guanidine groups is 1. The number of halogens is 1. The number of ether oxygens (including phenoxy) is 2. The maximum Gasteiger partial charge on any atom is 0.191 e. The monoisotopic (exact) mass is 470 g/mol. The van der Waals surface area contributed by atoms with E-state index in [9.17, 15) is 0 Å². The Morgan fingerprint density at radius 1 is 1.12 bits per heavy atom. The van der Waals surface area contributed by atoms with Gasteiger partial charge in [-0.2, -0.15) is 0 Å². The number of hydrogen-bond acceptors (Lipinski definition) is 4. The summed E-state index contributed by atoms with van der Waals surface area (Å²) in [4.78, 5) is 8.82. The van der Waals surface area contributed by atoms with Gasteiger partial charge >= 0.3 is 0 Å². The number of methoxy groups -OCH3 is 1. The van der Waals surface area contributed by atoms with Crippen molar-refractivity contribution in [1.29, 1.82) is 0 Å². The van der Waals surface area contributed by atoms with Gasteiger partial charge in [-0.05, 0) is 50.2 Å². The van der Waals surface area contributed by atoms with Crippen LogP contribution in [0.3, 0.4) is 0 Å². The van der Waals surface area contributed by atoms with E-state index >= 15 is 0 Å². The van der Waals surface area contributed by atoms with Crippen LogP contribution in [0.2, 0.25) is 0 Å². The molecule has 0 spiro atoms. The molecule has 0 aliphatic rings. The minimum Gasteiger partial charge on any atom is -0.497 e. The molecule has 0 aliphatic carbocycles. The third-order valence-electron chi connectivity index (χ3n) is 3.42. The zero-order valence-corrected chi connectivity index (χ0v) is 17.8.